The molecule has 0 saturated heterocycles. The first-order valence-corrected chi connectivity index (χ1v) is 17.2. The van der Waals surface area contributed by atoms with E-state index in [4.69, 9.17) is 23.7 Å². The number of fused-ring (bicyclic) bond motifs is 1. The molecule has 4 aromatic rings. The maximum Gasteiger partial charge on any atom is 0.338 e. The van der Waals surface area contributed by atoms with Gasteiger partial charge in [-0.25, -0.2) is 9.79 Å². The predicted octanol–water partition coefficient (Wildman–Crippen LogP) is 6.69. The third-order valence-corrected chi connectivity index (χ3v) is 9.95. The maximum absolute atomic E-state index is 14.2. The monoisotopic (exact) mass is 834 g/mol. The first kappa shape index (κ1) is 34.0. The van der Waals surface area contributed by atoms with Crippen LogP contribution in [0.5, 0.6) is 23.0 Å². The second-order valence-corrected chi connectivity index (χ2v) is 13.6. The summed E-state index contributed by atoms with van der Waals surface area (Å²) < 4.78 is 32.4. The number of thiazole rings is 1. The fourth-order valence-corrected chi connectivity index (χ4v) is 7.44. The molecule has 13 heteroatoms. The van der Waals surface area contributed by atoms with Crippen LogP contribution >= 0.6 is 59.1 Å². The van der Waals surface area contributed by atoms with E-state index in [1.54, 1.807) is 45.2 Å². The average Bonchev–Trinajstić information content (AvgIpc) is 3.33. The number of hydrogen-bond donors (Lipinski definition) is 0. The Morgan fingerprint density at radius 1 is 0.957 bits per heavy atom. The molecule has 0 saturated carbocycles. The van der Waals surface area contributed by atoms with E-state index in [0.29, 0.717) is 64.7 Å². The van der Waals surface area contributed by atoms with E-state index >= 15 is 0 Å². The molecular weight excluding hydrogens is 808 g/mol. The Morgan fingerprint density at radius 2 is 1.63 bits per heavy atom. The molecule has 3 aromatic carbocycles. The molecule has 1 aromatic heterocycles. The van der Waals surface area contributed by atoms with Crippen LogP contribution in [0.25, 0.3) is 6.08 Å². The van der Waals surface area contributed by atoms with E-state index in [1.165, 1.54) is 30.1 Å². The molecule has 0 aliphatic carbocycles. The molecule has 0 radical (unpaired) electrons. The lowest BCUT2D eigenvalue weighted by Gasteiger charge is -2.26. The number of hydrogen-bond acceptors (Lipinski definition) is 9. The van der Waals surface area contributed by atoms with Crippen molar-refractivity contribution in [2.75, 3.05) is 27.9 Å². The molecule has 5 rings (SSSR count). The molecule has 1 atom stereocenters. The summed E-state index contributed by atoms with van der Waals surface area (Å²) in [6.45, 7) is 3.97. The van der Waals surface area contributed by atoms with E-state index in [1.807, 2.05) is 30.3 Å². The zero-order valence-corrected chi connectivity index (χ0v) is 31.1. The van der Waals surface area contributed by atoms with Gasteiger partial charge in [0.25, 0.3) is 5.56 Å². The van der Waals surface area contributed by atoms with Crippen LogP contribution < -0.4 is 33.8 Å². The lowest BCUT2D eigenvalue weighted by atomic mass is 9.95. The van der Waals surface area contributed by atoms with Crippen molar-refractivity contribution in [3.8, 4) is 23.0 Å². The topological polar surface area (TPSA) is 97.6 Å². The molecule has 0 amide bonds. The molecule has 0 spiro atoms. The fraction of sp³-hybridized carbons (Fsp3) is 0.242. The summed E-state index contributed by atoms with van der Waals surface area (Å²) in [5, 5.41) is 0. The van der Waals surface area contributed by atoms with Crippen LogP contribution in [0.4, 0.5) is 0 Å². The van der Waals surface area contributed by atoms with Gasteiger partial charge in [0.15, 0.2) is 27.8 Å². The average molecular weight is 837 g/mol. The molecule has 9 nitrogen and oxygen atoms in total. The Bertz CT molecular complexity index is 2020. The van der Waals surface area contributed by atoms with Gasteiger partial charge in [0.2, 0.25) is 0 Å². The predicted molar refractivity (Wildman–Crippen MR) is 187 cm³/mol. The van der Waals surface area contributed by atoms with Crippen molar-refractivity contribution in [1.29, 1.82) is 0 Å². The van der Waals surface area contributed by atoms with Crippen LogP contribution in [-0.4, -0.2) is 38.5 Å². The van der Waals surface area contributed by atoms with Crippen molar-refractivity contribution in [3.05, 3.63) is 110 Å². The summed E-state index contributed by atoms with van der Waals surface area (Å²) in [5.74, 6) is 1.42. The third-order valence-electron chi connectivity index (χ3n) is 7.16. The lowest BCUT2D eigenvalue weighted by molar-refractivity contribution is -0.139. The number of aromatic nitrogens is 1. The van der Waals surface area contributed by atoms with Crippen molar-refractivity contribution in [3.63, 3.8) is 0 Å². The number of carbonyl (C=O) groups excluding carboxylic acids is 1. The number of rotatable bonds is 10. The van der Waals surface area contributed by atoms with Gasteiger partial charge in [0.05, 0.1) is 54.3 Å². The molecule has 0 unspecified atom stereocenters. The first-order valence-electron chi connectivity index (χ1n) is 14.0. The smallest absolute Gasteiger partial charge is 0.338 e. The Labute approximate surface area is 294 Å². The minimum atomic E-state index is -0.845. The summed E-state index contributed by atoms with van der Waals surface area (Å²) in [7, 11) is 4.63. The zero-order chi connectivity index (χ0) is 33.1. The number of methoxy groups -OCH3 is 3. The summed E-state index contributed by atoms with van der Waals surface area (Å²) in [6.07, 6.45) is 1.76. The number of halogens is 3. The van der Waals surface area contributed by atoms with Crippen LogP contribution in [-0.2, 0) is 16.1 Å². The maximum atomic E-state index is 14.2. The second-order valence-electron chi connectivity index (χ2n) is 9.98. The molecule has 2 heterocycles. The largest absolute Gasteiger partial charge is 0.493 e. The molecular formula is C33H29Br3N2O7S. The van der Waals surface area contributed by atoms with Gasteiger partial charge in [-0.2, -0.15) is 0 Å². The summed E-state index contributed by atoms with van der Waals surface area (Å²) in [5.41, 5.74) is 2.69. The van der Waals surface area contributed by atoms with Crippen LogP contribution in [0.3, 0.4) is 0 Å². The van der Waals surface area contributed by atoms with Crippen LogP contribution in [0.1, 0.15) is 36.6 Å². The number of esters is 1. The highest BCUT2D eigenvalue weighted by atomic mass is 79.9. The standard InChI is InChI=1S/C33H29Br3N2O7S/c1-6-44-32(40)28-17(2)37-33-38(29(28)21-14-24(41-3)25(42-4)15-22(21)35)31(39)27(46-33)13-19-11-23(36)30(26(12-19)43-5)45-16-18-7-9-20(34)10-8-18/h7-15,29H,6,16H2,1-5H3/b27-13-/t29-/m0/s1. The van der Waals surface area contributed by atoms with Crippen LogP contribution in [0.2, 0.25) is 0 Å². The van der Waals surface area contributed by atoms with Gasteiger partial charge in [0, 0.05) is 8.95 Å². The van der Waals surface area contributed by atoms with E-state index in [0.717, 1.165) is 10.0 Å². The Balaban J connectivity index is 1.62. The second kappa shape index (κ2) is 14.6. The Hall–Kier alpha value is -3.39. The third kappa shape index (κ3) is 6.83. The first-order chi connectivity index (χ1) is 22.1. The van der Waals surface area contributed by atoms with Crippen molar-refractivity contribution in [2.45, 2.75) is 26.5 Å². The SMILES string of the molecule is CCOC(=O)C1=C(C)N=c2s/c(=C\c3cc(Br)c(OCc4ccc(Br)cc4)c(OC)c3)c(=O)n2[C@H]1c1cc(OC)c(OC)cc1Br. The van der Waals surface area contributed by atoms with Crippen LogP contribution in [0.15, 0.2) is 83.0 Å². The normalized spacial score (nSPS) is 14.4. The number of benzene rings is 3. The van der Waals surface area contributed by atoms with Gasteiger partial charge < -0.3 is 23.7 Å². The van der Waals surface area contributed by atoms with Crippen molar-refractivity contribution >= 4 is 71.2 Å². The van der Waals surface area contributed by atoms with Gasteiger partial charge in [-0.15, -0.1) is 0 Å². The molecule has 0 bridgehead atoms. The number of carbonyl (C=O) groups is 1. The highest BCUT2D eigenvalue weighted by molar-refractivity contribution is 9.11. The molecule has 240 valence electrons. The zero-order valence-electron chi connectivity index (χ0n) is 25.5. The van der Waals surface area contributed by atoms with Gasteiger partial charge in [-0.1, -0.05) is 55.3 Å². The van der Waals surface area contributed by atoms with Crippen molar-refractivity contribution < 1.29 is 28.5 Å². The molecule has 0 N–H and O–H groups in total. The Morgan fingerprint density at radius 3 is 2.28 bits per heavy atom. The quantitative estimate of drug-likeness (QED) is 0.164. The van der Waals surface area contributed by atoms with Crippen molar-refractivity contribution in [2.24, 2.45) is 4.99 Å². The van der Waals surface area contributed by atoms with E-state index in [9.17, 15) is 9.59 Å². The van der Waals surface area contributed by atoms with Gasteiger partial charge in [-0.3, -0.25) is 9.36 Å². The highest BCUT2D eigenvalue weighted by Gasteiger charge is 2.35. The highest BCUT2D eigenvalue weighted by Crippen LogP contribution is 2.41. The number of nitrogens with zero attached hydrogens (tertiary/aromatic N) is 2. The summed E-state index contributed by atoms with van der Waals surface area (Å²) >= 11 is 11.9. The van der Waals surface area contributed by atoms with E-state index < -0.39 is 12.0 Å². The number of allylic oxidation sites excluding steroid dienone is 1. The Kier molecular flexibility index (Phi) is 10.8. The number of ether oxygens (including phenoxy) is 5. The summed E-state index contributed by atoms with van der Waals surface area (Å²) in [4.78, 5) is 32.6. The van der Waals surface area contributed by atoms with Crippen LogP contribution in [0, 0.1) is 0 Å². The molecule has 46 heavy (non-hydrogen) atoms. The van der Waals surface area contributed by atoms with Crippen molar-refractivity contribution in [1.82, 2.24) is 4.57 Å². The minimum Gasteiger partial charge on any atom is -0.493 e. The lowest BCUT2D eigenvalue weighted by Crippen LogP contribution is -2.40. The summed E-state index contributed by atoms with van der Waals surface area (Å²) in [6, 6.07) is 14.2. The molecule has 1 aliphatic rings. The van der Waals surface area contributed by atoms with Gasteiger partial charge >= 0.3 is 5.97 Å². The minimum absolute atomic E-state index is 0.166. The molecule has 0 fully saturated rings. The van der Waals surface area contributed by atoms with Gasteiger partial charge in [-0.05, 0) is 88.9 Å². The van der Waals surface area contributed by atoms with Gasteiger partial charge in [0.1, 0.15) is 6.61 Å². The fourth-order valence-electron chi connectivity index (χ4n) is 5.02. The molecule has 1 aliphatic heterocycles. The van der Waals surface area contributed by atoms with E-state index in [2.05, 4.69) is 52.8 Å². The van der Waals surface area contributed by atoms with E-state index in [-0.39, 0.29) is 17.7 Å².